The van der Waals surface area contributed by atoms with E-state index in [1.54, 1.807) is 0 Å². The molecule has 0 aliphatic carbocycles. The summed E-state index contributed by atoms with van der Waals surface area (Å²) in [6.07, 6.45) is -7.88. The van der Waals surface area contributed by atoms with E-state index >= 15 is 0 Å². The first-order valence-corrected chi connectivity index (χ1v) is 15.3. The molecule has 4 unspecified atom stereocenters. The first-order chi connectivity index (χ1) is 22.6. The topological polar surface area (TPSA) is 124 Å². The van der Waals surface area contributed by atoms with E-state index in [-0.39, 0.29) is 43.6 Å². The molecule has 4 N–H and O–H groups in total. The van der Waals surface area contributed by atoms with Gasteiger partial charge in [0, 0.05) is 34.3 Å². The highest BCUT2D eigenvalue weighted by molar-refractivity contribution is 6.32. The highest BCUT2D eigenvalue weighted by atomic mass is 35.5. The third-order valence-electron chi connectivity index (χ3n) is 7.88. The van der Waals surface area contributed by atoms with Gasteiger partial charge in [0.05, 0.1) is 12.2 Å². The summed E-state index contributed by atoms with van der Waals surface area (Å²) in [4.78, 5) is 18.2. The van der Waals surface area contributed by atoms with Crippen molar-refractivity contribution in [1.82, 2.24) is 9.97 Å². The standard InChI is InChI=1S/C16H12Cl2F3NO3.C16H14Cl2F3NO2/c1-8(11-3-2-9(14(23)24)6-12(11)17)15(25,16(19,20)21)10-4-5-22-13(18)7-10;1-9(12-3-2-10(8-23)6-13(12)17)15(24,16(19,20)21)11-4-5-22-14(18)7-11/h2-8,25H,1H3,(H,23,24);2-7,9,23-24H,8H2,1H3. The number of aliphatic hydroxyl groups is 3. The van der Waals surface area contributed by atoms with E-state index < -0.39 is 52.5 Å². The molecule has 0 radical (unpaired) electrons. The molecule has 2 heterocycles. The lowest BCUT2D eigenvalue weighted by atomic mass is 9.78. The SMILES string of the molecule is CC(c1ccc(C(=O)O)cc1Cl)C(O)(c1ccnc(Cl)c1)C(F)(F)F.CC(c1ccc(CO)cc1Cl)C(O)(c1ccnc(Cl)c1)C(F)(F)F. The van der Waals surface area contributed by atoms with Crippen molar-refractivity contribution in [3.63, 3.8) is 0 Å². The number of alkyl halides is 6. The largest absolute Gasteiger partial charge is 0.478 e. The summed E-state index contributed by atoms with van der Waals surface area (Å²) in [5, 5.41) is 38.6. The molecule has 2 aromatic carbocycles. The van der Waals surface area contributed by atoms with Gasteiger partial charge in [-0.3, -0.25) is 0 Å². The van der Waals surface area contributed by atoms with E-state index in [9.17, 15) is 41.4 Å². The number of pyridine rings is 2. The fourth-order valence-corrected chi connectivity index (χ4v) is 6.14. The van der Waals surface area contributed by atoms with Gasteiger partial charge in [0.15, 0.2) is 11.2 Å². The third-order valence-corrected chi connectivity index (χ3v) is 8.95. The first-order valence-electron chi connectivity index (χ1n) is 13.8. The first kappa shape index (κ1) is 40.3. The Labute approximate surface area is 295 Å². The number of carboxylic acids is 1. The van der Waals surface area contributed by atoms with Crippen LogP contribution < -0.4 is 0 Å². The molecule has 49 heavy (non-hydrogen) atoms. The monoisotopic (exact) mass is 772 g/mol. The number of aromatic nitrogens is 2. The van der Waals surface area contributed by atoms with Crippen LogP contribution in [0.3, 0.4) is 0 Å². The van der Waals surface area contributed by atoms with E-state index in [1.165, 1.54) is 25.1 Å². The van der Waals surface area contributed by atoms with Crippen molar-refractivity contribution in [2.24, 2.45) is 0 Å². The number of hydrogen-bond donors (Lipinski definition) is 4. The molecule has 2 aromatic heterocycles. The predicted octanol–water partition coefficient (Wildman–Crippen LogP) is 9.07. The van der Waals surface area contributed by atoms with E-state index in [1.807, 2.05) is 0 Å². The number of carbonyl (C=O) groups is 1. The smallest absolute Gasteiger partial charge is 0.422 e. The van der Waals surface area contributed by atoms with Gasteiger partial charge in [-0.2, -0.15) is 26.3 Å². The number of nitrogens with zero attached hydrogens (tertiary/aromatic N) is 2. The molecule has 264 valence electrons. The van der Waals surface area contributed by atoms with Crippen molar-refractivity contribution in [1.29, 1.82) is 0 Å². The Morgan fingerprint density at radius 3 is 1.43 bits per heavy atom. The van der Waals surface area contributed by atoms with E-state index in [4.69, 9.17) is 56.6 Å². The Kier molecular flexibility index (Phi) is 12.6. The molecule has 17 heteroatoms. The summed E-state index contributed by atoms with van der Waals surface area (Å²) in [5.74, 6) is -4.23. The minimum atomic E-state index is -5.05. The summed E-state index contributed by atoms with van der Waals surface area (Å²) < 4.78 is 82.5. The van der Waals surface area contributed by atoms with E-state index in [2.05, 4.69) is 9.97 Å². The normalized spacial score (nSPS) is 15.7. The molecule has 4 aromatic rings. The van der Waals surface area contributed by atoms with Gasteiger partial charge in [-0.25, -0.2) is 14.8 Å². The van der Waals surface area contributed by atoms with Crippen molar-refractivity contribution in [2.45, 2.75) is 55.8 Å². The minimum Gasteiger partial charge on any atom is -0.478 e. The van der Waals surface area contributed by atoms with Crippen LogP contribution in [0.4, 0.5) is 26.3 Å². The van der Waals surface area contributed by atoms with Crippen LogP contribution >= 0.6 is 46.4 Å². The Balaban J connectivity index is 0.000000266. The summed E-state index contributed by atoms with van der Waals surface area (Å²) >= 11 is 23.3. The molecule has 0 bridgehead atoms. The number of benzene rings is 2. The maximum Gasteiger partial charge on any atom is 0.422 e. The van der Waals surface area contributed by atoms with E-state index in [0.29, 0.717) is 5.56 Å². The van der Waals surface area contributed by atoms with Gasteiger partial charge in [-0.05, 0) is 70.3 Å². The number of halogens is 10. The summed E-state index contributed by atoms with van der Waals surface area (Å²) in [6.45, 7) is 2.07. The Bertz CT molecular complexity index is 1810. The summed E-state index contributed by atoms with van der Waals surface area (Å²) in [5.41, 5.74) is -7.10. The number of carboxylic acid groups (broad SMARTS) is 1. The highest BCUT2D eigenvalue weighted by Gasteiger charge is 2.60. The second-order valence-electron chi connectivity index (χ2n) is 10.8. The lowest BCUT2D eigenvalue weighted by Gasteiger charge is -2.37. The molecule has 0 saturated carbocycles. The molecule has 4 atom stereocenters. The molecule has 0 aliphatic heterocycles. The lowest BCUT2D eigenvalue weighted by molar-refractivity contribution is -0.274. The predicted molar refractivity (Wildman–Crippen MR) is 171 cm³/mol. The van der Waals surface area contributed by atoms with Crippen molar-refractivity contribution < 1.29 is 51.6 Å². The molecule has 7 nitrogen and oxygen atoms in total. The van der Waals surface area contributed by atoms with Gasteiger partial charge in [0.1, 0.15) is 10.3 Å². The molecular weight excluding hydrogens is 748 g/mol. The van der Waals surface area contributed by atoms with Crippen molar-refractivity contribution in [3.8, 4) is 0 Å². The molecule has 0 saturated heterocycles. The van der Waals surface area contributed by atoms with Gasteiger partial charge >= 0.3 is 18.3 Å². The second kappa shape index (κ2) is 15.4. The van der Waals surface area contributed by atoms with Gasteiger partial charge < -0.3 is 20.4 Å². The van der Waals surface area contributed by atoms with Gasteiger partial charge in [0.2, 0.25) is 0 Å². The zero-order valence-electron chi connectivity index (χ0n) is 25.2. The number of aliphatic hydroxyl groups excluding tert-OH is 1. The van der Waals surface area contributed by atoms with Crippen LogP contribution in [0.25, 0.3) is 0 Å². The lowest BCUT2D eigenvalue weighted by Crippen LogP contribution is -2.46. The minimum absolute atomic E-state index is 0.0249. The van der Waals surface area contributed by atoms with Crippen molar-refractivity contribution in [2.75, 3.05) is 0 Å². The number of aromatic carboxylic acids is 1. The molecule has 4 rings (SSSR count). The van der Waals surface area contributed by atoms with Crippen LogP contribution in [-0.2, 0) is 17.8 Å². The zero-order chi connectivity index (χ0) is 37.1. The van der Waals surface area contributed by atoms with Crippen LogP contribution in [0.1, 0.15) is 63.9 Å². The van der Waals surface area contributed by atoms with Gasteiger partial charge in [-0.15, -0.1) is 0 Å². The maximum absolute atomic E-state index is 13.7. The zero-order valence-corrected chi connectivity index (χ0v) is 28.2. The van der Waals surface area contributed by atoms with Crippen LogP contribution in [-0.4, -0.2) is 48.7 Å². The third kappa shape index (κ3) is 8.42. The molecule has 0 aliphatic rings. The van der Waals surface area contributed by atoms with Crippen molar-refractivity contribution in [3.05, 3.63) is 127 Å². The van der Waals surface area contributed by atoms with Crippen LogP contribution in [0.5, 0.6) is 0 Å². The van der Waals surface area contributed by atoms with E-state index in [0.717, 1.165) is 61.8 Å². The average molecular weight is 774 g/mol. The second-order valence-corrected chi connectivity index (χ2v) is 12.4. The van der Waals surface area contributed by atoms with Gasteiger partial charge in [-0.1, -0.05) is 78.5 Å². The average Bonchev–Trinajstić information content (AvgIpc) is 3.02. The maximum atomic E-state index is 13.7. The highest BCUT2D eigenvalue weighted by Crippen LogP contribution is 2.51. The Hall–Kier alpha value is -3.17. The number of hydrogen-bond acceptors (Lipinski definition) is 6. The van der Waals surface area contributed by atoms with Crippen LogP contribution in [0, 0.1) is 0 Å². The summed E-state index contributed by atoms with van der Waals surface area (Å²) in [6, 6.07) is 11.4. The fourth-order valence-electron chi connectivity index (χ4n) is 5.08. The van der Waals surface area contributed by atoms with Crippen LogP contribution in [0.2, 0.25) is 20.4 Å². The van der Waals surface area contributed by atoms with Gasteiger partial charge in [0.25, 0.3) is 0 Å². The fraction of sp³-hybridized carbons (Fsp3) is 0.281. The van der Waals surface area contributed by atoms with Crippen molar-refractivity contribution >= 4 is 52.4 Å². The molecular formula is C32H26Cl4F6N2O5. The van der Waals surface area contributed by atoms with Crippen LogP contribution in [0.15, 0.2) is 73.1 Å². The Morgan fingerprint density at radius 2 is 1.10 bits per heavy atom. The number of rotatable bonds is 8. The summed E-state index contributed by atoms with van der Waals surface area (Å²) in [7, 11) is 0. The molecule has 0 amide bonds. The molecule has 0 fully saturated rings. The Morgan fingerprint density at radius 1 is 0.694 bits per heavy atom. The molecule has 0 spiro atoms. The quantitative estimate of drug-likeness (QED) is 0.104.